The Morgan fingerprint density at radius 2 is 1.70 bits per heavy atom. The summed E-state index contributed by atoms with van der Waals surface area (Å²) < 4.78 is 5.97. The molecule has 4 nitrogen and oxygen atoms in total. The van der Waals surface area contributed by atoms with Crippen LogP contribution in [0.4, 0.5) is 11.4 Å². The van der Waals surface area contributed by atoms with E-state index in [2.05, 4.69) is 47.3 Å². The van der Waals surface area contributed by atoms with E-state index in [1.807, 2.05) is 48.5 Å². The number of nitrogen functional groups attached to an aromatic ring is 1. The number of hydrogen-bond acceptors (Lipinski definition) is 3. The van der Waals surface area contributed by atoms with Crippen LogP contribution in [0.25, 0.3) is 10.9 Å². The first-order valence-corrected chi connectivity index (χ1v) is 9.16. The summed E-state index contributed by atoms with van der Waals surface area (Å²) in [4.78, 5) is 5.69. The van der Waals surface area contributed by atoms with E-state index >= 15 is 0 Å². The number of nitrogens with one attached hydrogen (secondary N) is 1. The highest BCUT2D eigenvalue weighted by atomic mass is 16.5. The quantitative estimate of drug-likeness (QED) is 0.444. The smallest absolute Gasteiger partial charge is 0.129 e. The standard InChI is InChI=1S/C23H23N3O/c1-2-26(23-15-25-22-11-7-6-10-21(22)23)16-17-12-18(24)14-20(13-17)27-19-8-4-3-5-9-19/h3-15,25H,2,16,24H2,1H3. The molecule has 0 saturated carbocycles. The number of H-pyrrole nitrogens is 1. The van der Waals surface area contributed by atoms with Gasteiger partial charge < -0.3 is 20.4 Å². The molecular weight excluding hydrogens is 334 g/mol. The predicted molar refractivity (Wildman–Crippen MR) is 112 cm³/mol. The third-order valence-electron chi connectivity index (χ3n) is 4.63. The molecule has 0 atom stereocenters. The molecule has 1 heterocycles. The number of rotatable bonds is 6. The fraction of sp³-hybridized carbons (Fsp3) is 0.130. The lowest BCUT2D eigenvalue weighted by Gasteiger charge is -2.23. The lowest BCUT2D eigenvalue weighted by atomic mass is 10.1. The van der Waals surface area contributed by atoms with Crippen LogP contribution in [0.15, 0.2) is 79.0 Å². The topological polar surface area (TPSA) is 54.3 Å². The summed E-state index contributed by atoms with van der Waals surface area (Å²) in [7, 11) is 0. The summed E-state index contributed by atoms with van der Waals surface area (Å²) in [6.45, 7) is 3.81. The second kappa shape index (κ2) is 7.46. The van der Waals surface area contributed by atoms with Crippen LogP contribution in [0.2, 0.25) is 0 Å². The van der Waals surface area contributed by atoms with E-state index in [0.717, 1.165) is 35.7 Å². The molecule has 0 aliphatic rings. The van der Waals surface area contributed by atoms with Crippen LogP contribution in [0.5, 0.6) is 11.5 Å². The van der Waals surface area contributed by atoms with Crippen molar-refractivity contribution in [3.8, 4) is 11.5 Å². The van der Waals surface area contributed by atoms with E-state index in [1.54, 1.807) is 0 Å². The Hall–Kier alpha value is -3.40. The average molecular weight is 357 g/mol. The minimum atomic E-state index is 0.702. The fourth-order valence-electron chi connectivity index (χ4n) is 3.37. The first kappa shape index (κ1) is 17.0. The number of nitrogens with zero attached hydrogens (tertiary/aromatic N) is 1. The van der Waals surface area contributed by atoms with Crippen LogP contribution in [-0.4, -0.2) is 11.5 Å². The number of hydrogen-bond donors (Lipinski definition) is 2. The molecule has 1 aromatic heterocycles. The van der Waals surface area contributed by atoms with E-state index in [1.165, 1.54) is 11.1 Å². The molecule has 4 heteroatoms. The van der Waals surface area contributed by atoms with Gasteiger partial charge in [-0.2, -0.15) is 0 Å². The van der Waals surface area contributed by atoms with E-state index in [-0.39, 0.29) is 0 Å². The van der Waals surface area contributed by atoms with Crippen molar-refractivity contribution in [3.05, 3.63) is 84.6 Å². The summed E-state index contributed by atoms with van der Waals surface area (Å²) >= 11 is 0. The van der Waals surface area contributed by atoms with Gasteiger partial charge in [-0.05, 0) is 42.8 Å². The maximum Gasteiger partial charge on any atom is 0.129 e. The van der Waals surface area contributed by atoms with E-state index in [9.17, 15) is 0 Å². The summed E-state index contributed by atoms with van der Waals surface area (Å²) in [6, 6.07) is 24.0. The van der Waals surface area contributed by atoms with Crippen LogP contribution in [-0.2, 0) is 6.54 Å². The van der Waals surface area contributed by atoms with Crippen LogP contribution in [0.3, 0.4) is 0 Å². The number of para-hydroxylation sites is 2. The number of aromatic nitrogens is 1. The van der Waals surface area contributed by atoms with Gasteiger partial charge in [0.2, 0.25) is 0 Å². The van der Waals surface area contributed by atoms with Crippen molar-refractivity contribution >= 4 is 22.3 Å². The molecule has 27 heavy (non-hydrogen) atoms. The maximum absolute atomic E-state index is 6.13. The molecule has 3 N–H and O–H groups in total. The van der Waals surface area contributed by atoms with Crippen molar-refractivity contribution < 1.29 is 4.74 Å². The molecule has 0 unspecified atom stereocenters. The molecule has 0 radical (unpaired) electrons. The lowest BCUT2D eigenvalue weighted by molar-refractivity contribution is 0.482. The normalized spacial score (nSPS) is 10.9. The molecule has 4 aromatic rings. The minimum Gasteiger partial charge on any atom is -0.457 e. The van der Waals surface area contributed by atoms with Gasteiger partial charge in [-0.25, -0.2) is 0 Å². The van der Waals surface area contributed by atoms with Gasteiger partial charge in [-0.1, -0.05) is 36.4 Å². The first-order chi connectivity index (χ1) is 13.2. The Morgan fingerprint density at radius 3 is 2.52 bits per heavy atom. The van der Waals surface area contributed by atoms with Crippen LogP contribution >= 0.6 is 0 Å². The van der Waals surface area contributed by atoms with Crippen LogP contribution < -0.4 is 15.4 Å². The zero-order valence-corrected chi connectivity index (χ0v) is 15.4. The van der Waals surface area contributed by atoms with Crippen molar-refractivity contribution in [3.63, 3.8) is 0 Å². The van der Waals surface area contributed by atoms with E-state index < -0.39 is 0 Å². The molecule has 0 amide bonds. The summed E-state index contributed by atoms with van der Waals surface area (Å²) in [6.07, 6.45) is 2.07. The Kier molecular flexibility index (Phi) is 4.71. The second-order valence-corrected chi connectivity index (χ2v) is 6.56. The van der Waals surface area contributed by atoms with Gasteiger partial charge in [0.25, 0.3) is 0 Å². The molecule has 0 aliphatic heterocycles. The van der Waals surface area contributed by atoms with Gasteiger partial charge in [0.1, 0.15) is 11.5 Å². The number of aromatic amines is 1. The van der Waals surface area contributed by atoms with Crippen LogP contribution in [0.1, 0.15) is 12.5 Å². The average Bonchev–Trinajstić information content (AvgIpc) is 3.10. The zero-order chi connectivity index (χ0) is 18.6. The van der Waals surface area contributed by atoms with Crippen molar-refractivity contribution in [2.75, 3.05) is 17.2 Å². The Balaban J connectivity index is 1.61. The minimum absolute atomic E-state index is 0.702. The van der Waals surface area contributed by atoms with E-state index in [4.69, 9.17) is 10.5 Å². The molecule has 0 bridgehead atoms. The summed E-state index contributed by atoms with van der Waals surface area (Å²) in [5, 5.41) is 1.23. The number of benzene rings is 3. The monoisotopic (exact) mass is 357 g/mol. The predicted octanol–water partition coefficient (Wildman–Crippen LogP) is 5.57. The Labute approximate surface area is 159 Å². The highest BCUT2D eigenvalue weighted by Crippen LogP contribution is 2.30. The Morgan fingerprint density at radius 1 is 0.926 bits per heavy atom. The maximum atomic E-state index is 6.13. The number of fused-ring (bicyclic) bond motifs is 1. The molecule has 0 saturated heterocycles. The van der Waals surface area contributed by atoms with Gasteiger partial charge in [0.05, 0.1) is 5.69 Å². The highest BCUT2D eigenvalue weighted by Gasteiger charge is 2.12. The molecule has 4 rings (SSSR count). The zero-order valence-electron chi connectivity index (χ0n) is 15.4. The SMILES string of the molecule is CCN(Cc1cc(N)cc(Oc2ccccc2)c1)c1c[nH]c2ccccc12. The van der Waals surface area contributed by atoms with Crippen molar-refractivity contribution in [2.24, 2.45) is 0 Å². The Bertz CT molecular complexity index is 1040. The lowest BCUT2D eigenvalue weighted by Crippen LogP contribution is -2.21. The molecule has 136 valence electrons. The van der Waals surface area contributed by atoms with Crippen LogP contribution in [0, 0.1) is 0 Å². The molecule has 0 spiro atoms. The number of anilines is 2. The molecule has 0 aliphatic carbocycles. The van der Waals surface area contributed by atoms with Gasteiger partial charge in [0.15, 0.2) is 0 Å². The molecular formula is C23H23N3O. The van der Waals surface area contributed by atoms with Crippen molar-refractivity contribution in [1.29, 1.82) is 0 Å². The third-order valence-corrected chi connectivity index (χ3v) is 4.63. The van der Waals surface area contributed by atoms with Gasteiger partial charge in [-0.3, -0.25) is 0 Å². The van der Waals surface area contributed by atoms with Crippen molar-refractivity contribution in [2.45, 2.75) is 13.5 Å². The van der Waals surface area contributed by atoms with E-state index in [0.29, 0.717) is 5.69 Å². The highest BCUT2D eigenvalue weighted by molar-refractivity contribution is 5.92. The largest absolute Gasteiger partial charge is 0.457 e. The number of nitrogens with two attached hydrogens (primary N) is 1. The summed E-state index contributed by atoms with van der Waals surface area (Å²) in [5.41, 5.74) is 10.3. The summed E-state index contributed by atoms with van der Waals surface area (Å²) in [5.74, 6) is 1.56. The first-order valence-electron chi connectivity index (χ1n) is 9.16. The van der Waals surface area contributed by atoms with Gasteiger partial charge >= 0.3 is 0 Å². The third kappa shape index (κ3) is 3.75. The second-order valence-electron chi connectivity index (χ2n) is 6.56. The molecule has 0 fully saturated rings. The van der Waals surface area contributed by atoms with Crippen molar-refractivity contribution in [1.82, 2.24) is 4.98 Å². The van der Waals surface area contributed by atoms with Gasteiger partial charge in [0, 0.05) is 41.9 Å². The fourth-order valence-corrected chi connectivity index (χ4v) is 3.37. The molecule has 3 aromatic carbocycles. The van der Waals surface area contributed by atoms with Gasteiger partial charge in [-0.15, -0.1) is 0 Å². The number of ether oxygens (including phenoxy) is 1.